The summed E-state index contributed by atoms with van der Waals surface area (Å²) >= 11 is 0. The van der Waals surface area contributed by atoms with Crippen molar-refractivity contribution >= 4 is 0 Å². The van der Waals surface area contributed by atoms with Gasteiger partial charge in [0.1, 0.15) is 0 Å². The highest BCUT2D eigenvalue weighted by Gasteiger charge is 2.29. The van der Waals surface area contributed by atoms with Crippen LogP contribution in [-0.4, -0.2) is 74.9 Å². The number of rotatable bonds is 3. The van der Waals surface area contributed by atoms with E-state index < -0.39 is 0 Å². The van der Waals surface area contributed by atoms with E-state index in [0.29, 0.717) is 18.2 Å². The van der Waals surface area contributed by atoms with Gasteiger partial charge in [0.05, 0.1) is 6.10 Å². The normalized spacial score (nSPS) is 32.2. The van der Waals surface area contributed by atoms with E-state index in [0.717, 1.165) is 5.92 Å². The van der Waals surface area contributed by atoms with Crippen molar-refractivity contribution in [1.82, 2.24) is 15.1 Å². The van der Waals surface area contributed by atoms with E-state index in [4.69, 9.17) is 4.74 Å². The molecule has 22 heavy (non-hydrogen) atoms. The number of nitrogens with one attached hydrogen (secondary N) is 1. The summed E-state index contributed by atoms with van der Waals surface area (Å²) in [6.45, 7) is 11.0. The van der Waals surface area contributed by atoms with Crippen molar-refractivity contribution in [3.63, 3.8) is 0 Å². The van der Waals surface area contributed by atoms with Gasteiger partial charge < -0.3 is 15.0 Å². The zero-order valence-electron chi connectivity index (χ0n) is 15.2. The van der Waals surface area contributed by atoms with Gasteiger partial charge in [-0.2, -0.15) is 0 Å². The van der Waals surface area contributed by atoms with E-state index >= 15 is 0 Å². The van der Waals surface area contributed by atoms with Crippen LogP contribution in [0.25, 0.3) is 0 Å². The van der Waals surface area contributed by atoms with Crippen molar-refractivity contribution in [2.24, 2.45) is 5.92 Å². The van der Waals surface area contributed by atoms with E-state index in [1.807, 2.05) is 0 Å². The molecular weight excluding hydrogens is 274 g/mol. The molecule has 3 rings (SSSR count). The van der Waals surface area contributed by atoms with Crippen LogP contribution in [0, 0.1) is 5.92 Å². The van der Waals surface area contributed by atoms with Crippen molar-refractivity contribution in [1.29, 1.82) is 0 Å². The Bertz CT molecular complexity index is 300. The van der Waals surface area contributed by atoms with Gasteiger partial charge in [-0.1, -0.05) is 0 Å². The summed E-state index contributed by atoms with van der Waals surface area (Å²) in [5.74, 6) is 0.930. The molecule has 1 N–H and O–H groups in total. The minimum atomic E-state index is 0.616. The van der Waals surface area contributed by atoms with Crippen LogP contribution in [0.2, 0.25) is 0 Å². The maximum Gasteiger partial charge on any atom is 0.0571 e. The van der Waals surface area contributed by atoms with Gasteiger partial charge in [-0.3, -0.25) is 4.90 Å². The molecule has 4 heteroatoms. The van der Waals surface area contributed by atoms with Gasteiger partial charge in [-0.25, -0.2) is 0 Å². The van der Waals surface area contributed by atoms with Gasteiger partial charge >= 0.3 is 0 Å². The second kappa shape index (κ2) is 9.21. The Morgan fingerprint density at radius 2 is 1.68 bits per heavy atom. The van der Waals surface area contributed by atoms with E-state index in [9.17, 15) is 0 Å². The number of ether oxygens (including phenoxy) is 1. The lowest BCUT2D eigenvalue weighted by atomic mass is 9.95. The highest BCUT2D eigenvalue weighted by Crippen LogP contribution is 2.21. The predicted molar refractivity (Wildman–Crippen MR) is 93.4 cm³/mol. The number of hydrogen-bond acceptors (Lipinski definition) is 4. The summed E-state index contributed by atoms with van der Waals surface area (Å²) in [5, 5.41) is 3.45. The number of likely N-dealkylation sites (N-methyl/N-ethyl adjacent to an activating group) is 1. The summed E-state index contributed by atoms with van der Waals surface area (Å²) in [5.41, 5.74) is 0. The van der Waals surface area contributed by atoms with Gasteiger partial charge in [0.15, 0.2) is 0 Å². The van der Waals surface area contributed by atoms with E-state index in [1.54, 1.807) is 7.11 Å². The maximum absolute atomic E-state index is 4.99. The van der Waals surface area contributed by atoms with Gasteiger partial charge in [-0.05, 0) is 72.0 Å². The van der Waals surface area contributed by atoms with Gasteiger partial charge in [0, 0.05) is 38.8 Å². The Morgan fingerprint density at radius 3 is 2.18 bits per heavy atom. The lowest BCUT2D eigenvalue weighted by Gasteiger charge is -2.45. The van der Waals surface area contributed by atoms with Gasteiger partial charge in [-0.15, -0.1) is 0 Å². The molecule has 2 heterocycles. The molecule has 4 nitrogen and oxygen atoms in total. The molecule has 1 aliphatic carbocycles. The molecule has 2 unspecified atom stereocenters. The summed E-state index contributed by atoms with van der Waals surface area (Å²) in [6, 6.07) is 1.42. The fourth-order valence-electron chi connectivity index (χ4n) is 3.63. The molecule has 3 aliphatic rings. The molecule has 0 amide bonds. The van der Waals surface area contributed by atoms with Crippen molar-refractivity contribution in [2.75, 3.05) is 46.9 Å². The molecule has 2 aliphatic heterocycles. The number of hydrogen-bond donors (Lipinski definition) is 1. The third-order valence-electron chi connectivity index (χ3n) is 6.05. The maximum atomic E-state index is 4.99. The SMILES string of the molecule is CC1C(C)N(CC2CCNCC2)CCN1C.COC1CCC1. The van der Waals surface area contributed by atoms with Crippen LogP contribution in [0.1, 0.15) is 46.0 Å². The standard InChI is InChI=1S/C13H27N3.C5H10O/c1-11-12(2)16(9-8-15(11)3)10-13-4-6-14-7-5-13;1-6-5-3-2-4-5/h11-14H,4-10H2,1-3H3;5H,2-4H2,1H3. The molecule has 1 saturated carbocycles. The molecule has 0 aromatic heterocycles. The van der Waals surface area contributed by atoms with Crippen molar-refractivity contribution in [3.05, 3.63) is 0 Å². The monoisotopic (exact) mass is 311 g/mol. The Kier molecular flexibility index (Phi) is 7.61. The van der Waals surface area contributed by atoms with Crippen LogP contribution in [0.3, 0.4) is 0 Å². The minimum Gasteiger partial charge on any atom is -0.381 e. The first kappa shape index (κ1) is 18.2. The summed E-state index contributed by atoms with van der Waals surface area (Å²) in [4.78, 5) is 5.20. The first-order chi connectivity index (χ1) is 10.6. The highest BCUT2D eigenvalue weighted by molar-refractivity contribution is 4.86. The quantitative estimate of drug-likeness (QED) is 0.865. The van der Waals surface area contributed by atoms with Crippen molar-refractivity contribution in [2.45, 2.75) is 64.1 Å². The molecule has 0 radical (unpaired) electrons. The summed E-state index contributed by atoms with van der Waals surface area (Å²) in [7, 11) is 4.03. The minimum absolute atomic E-state index is 0.616. The molecular formula is C18H37N3O. The third-order valence-corrected chi connectivity index (χ3v) is 6.05. The van der Waals surface area contributed by atoms with Crippen LogP contribution in [0.5, 0.6) is 0 Å². The topological polar surface area (TPSA) is 27.7 Å². The van der Waals surface area contributed by atoms with Crippen LogP contribution in [0.4, 0.5) is 0 Å². The Balaban J connectivity index is 0.000000246. The Labute approximate surface area is 137 Å². The van der Waals surface area contributed by atoms with Crippen molar-refractivity contribution < 1.29 is 4.74 Å². The van der Waals surface area contributed by atoms with E-state index in [-0.39, 0.29) is 0 Å². The molecule has 2 atom stereocenters. The van der Waals surface area contributed by atoms with Gasteiger partial charge in [0.2, 0.25) is 0 Å². The smallest absolute Gasteiger partial charge is 0.0571 e. The lowest BCUT2D eigenvalue weighted by Crippen LogP contribution is -2.57. The average molecular weight is 312 g/mol. The second-order valence-corrected chi connectivity index (χ2v) is 7.44. The number of piperazine rings is 1. The fourth-order valence-corrected chi connectivity index (χ4v) is 3.63. The van der Waals surface area contributed by atoms with Crippen LogP contribution in [0.15, 0.2) is 0 Å². The van der Waals surface area contributed by atoms with Gasteiger partial charge in [0.25, 0.3) is 0 Å². The van der Waals surface area contributed by atoms with Crippen LogP contribution >= 0.6 is 0 Å². The number of nitrogens with zero attached hydrogens (tertiary/aromatic N) is 2. The van der Waals surface area contributed by atoms with Crippen LogP contribution in [-0.2, 0) is 4.74 Å². The molecule has 2 saturated heterocycles. The van der Waals surface area contributed by atoms with E-state index in [1.165, 1.54) is 64.8 Å². The molecule has 0 spiro atoms. The predicted octanol–water partition coefficient (Wildman–Crippen LogP) is 2.20. The zero-order valence-corrected chi connectivity index (χ0v) is 15.2. The van der Waals surface area contributed by atoms with Crippen molar-refractivity contribution in [3.8, 4) is 0 Å². The van der Waals surface area contributed by atoms with E-state index in [2.05, 4.69) is 36.0 Å². The third kappa shape index (κ3) is 5.19. The molecule has 130 valence electrons. The summed E-state index contributed by atoms with van der Waals surface area (Å²) < 4.78 is 4.99. The zero-order chi connectivity index (χ0) is 15.9. The Morgan fingerprint density at radius 1 is 1.00 bits per heavy atom. The molecule has 0 aromatic carbocycles. The molecule has 0 aromatic rings. The summed E-state index contributed by atoms with van der Waals surface area (Å²) in [6.07, 6.45) is 7.30. The second-order valence-electron chi connectivity index (χ2n) is 7.44. The number of piperidine rings is 1. The van der Waals surface area contributed by atoms with Crippen LogP contribution < -0.4 is 5.32 Å². The molecule has 0 bridgehead atoms. The largest absolute Gasteiger partial charge is 0.381 e. The molecule has 3 fully saturated rings. The lowest BCUT2D eigenvalue weighted by molar-refractivity contribution is 0.0381. The first-order valence-corrected chi connectivity index (χ1v) is 9.29. The number of methoxy groups -OCH3 is 1. The fraction of sp³-hybridized carbons (Fsp3) is 1.00. The highest BCUT2D eigenvalue weighted by atomic mass is 16.5. The average Bonchev–Trinajstić information content (AvgIpc) is 2.49. The first-order valence-electron chi connectivity index (χ1n) is 9.29. The Hall–Kier alpha value is -0.160.